The highest BCUT2D eigenvalue weighted by Gasteiger charge is 2.45. The van der Waals surface area contributed by atoms with Crippen molar-refractivity contribution in [2.75, 3.05) is 0 Å². The van der Waals surface area contributed by atoms with Crippen LogP contribution in [0.3, 0.4) is 0 Å². The van der Waals surface area contributed by atoms with E-state index in [0.717, 1.165) is 19.3 Å². The van der Waals surface area contributed by atoms with E-state index in [4.69, 9.17) is 4.74 Å². The Morgan fingerprint density at radius 2 is 2.12 bits per heavy atom. The van der Waals surface area contributed by atoms with Gasteiger partial charge in [0.2, 0.25) is 0 Å². The lowest BCUT2D eigenvalue weighted by Gasteiger charge is -2.35. The van der Waals surface area contributed by atoms with Crippen molar-refractivity contribution < 1.29 is 14.6 Å². The first-order valence-electron chi connectivity index (χ1n) is 6.42. The fourth-order valence-corrected chi connectivity index (χ4v) is 2.35. The fourth-order valence-electron chi connectivity index (χ4n) is 2.35. The van der Waals surface area contributed by atoms with Crippen LogP contribution in [0.2, 0.25) is 0 Å². The number of aliphatic hydroxyl groups is 1. The average molecular weight is 243 g/mol. The minimum absolute atomic E-state index is 0.102. The van der Waals surface area contributed by atoms with Gasteiger partial charge >= 0.3 is 6.09 Å². The zero-order valence-corrected chi connectivity index (χ0v) is 11.6. The van der Waals surface area contributed by atoms with Gasteiger partial charge < -0.3 is 9.84 Å². The maximum Gasteiger partial charge on any atom is 0.412 e. The van der Waals surface area contributed by atoms with Crippen molar-refractivity contribution in [2.45, 2.75) is 77.7 Å². The molecule has 1 saturated heterocycles. The van der Waals surface area contributed by atoms with Crippen molar-refractivity contribution in [3.05, 3.63) is 0 Å². The molecule has 0 aromatic carbocycles. The molecule has 1 amide bonds. The second kappa shape index (κ2) is 4.84. The largest absolute Gasteiger partial charge is 0.444 e. The van der Waals surface area contributed by atoms with Crippen LogP contribution in [-0.2, 0) is 4.74 Å². The van der Waals surface area contributed by atoms with Crippen LogP contribution in [0, 0.1) is 0 Å². The summed E-state index contributed by atoms with van der Waals surface area (Å²) in [5.74, 6) is 0. The topological polar surface area (TPSA) is 49.8 Å². The highest BCUT2D eigenvalue weighted by Crippen LogP contribution is 2.35. The number of amides is 1. The van der Waals surface area contributed by atoms with E-state index >= 15 is 0 Å². The molecule has 0 aromatic rings. The number of rotatable bonds is 2. The second-order valence-corrected chi connectivity index (χ2v) is 6.05. The molecule has 2 atom stereocenters. The summed E-state index contributed by atoms with van der Waals surface area (Å²) in [5.41, 5.74) is -1.59. The summed E-state index contributed by atoms with van der Waals surface area (Å²) in [6.07, 6.45) is 2.98. The summed E-state index contributed by atoms with van der Waals surface area (Å²) < 4.78 is 5.36. The van der Waals surface area contributed by atoms with Crippen molar-refractivity contribution in [3.63, 3.8) is 0 Å². The molecule has 1 heterocycles. The average Bonchev–Trinajstić information content (AvgIpc) is 2.39. The van der Waals surface area contributed by atoms with Gasteiger partial charge in [-0.15, -0.1) is 0 Å². The Bertz CT molecular complexity index is 281. The molecular formula is C13H25NO3. The SMILES string of the molecule is CCCC1CCC(C)(O)N1C(=O)OC(C)(C)C. The van der Waals surface area contributed by atoms with Crippen LogP contribution in [0.4, 0.5) is 4.79 Å². The van der Waals surface area contributed by atoms with Crippen LogP contribution in [0.1, 0.15) is 60.3 Å². The van der Waals surface area contributed by atoms with E-state index in [9.17, 15) is 9.90 Å². The van der Waals surface area contributed by atoms with Gasteiger partial charge in [-0.1, -0.05) is 13.3 Å². The van der Waals surface area contributed by atoms with Crippen molar-refractivity contribution >= 4 is 6.09 Å². The summed E-state index contributed by atoms with van der Waals surface area (Å²) in [5, 5.41) is 10.2. The molecule has 0 saturated carbocycles. The number of carbonyl (C=O) groups excluding carboxylic acids is 1. The molecule has 1 N–H and O–H groups in total. The van der Waals surface area contributed by atoms with Gasteiger partial charge in [0.15, 0.2) is 0 Å². The van der Waals surface area contributed by atoms with E-state index in [2.05, 4.69) is 6.92 Å². The molecule has 1 aliphatic rings. The van der Waals surface area contributed by atoms with Crippen LogP contribution in [0.5, 0.6) is 0 Å². The van der Waals surface area contributed by atoms with Crippen LogP contribution in [-0.4, -0.2) is 33.5 Å². The quantitative estimate of drug-likeness (QED) is 0.811. The molecule has 100 valence electrons. The number of carbonyl (C=O) groups is 1. The minimum atomic E-state index is -1.07. The Balaban J connectivity index is 2.79. The monoisotopic (exact) mass is 243 g/mol. The summed E-state index contributed by atoms with van der Waals surface area (Å²) in [4.78, 5) is 13.6. The zero-order valence-electron chi connectivity index (χ0n) is 11.6. The standard InChI is InChI=1S/C13H25NO3/c1-6-7-10-8-9-13(5,16)14(10)11(15)17-12(2,3)4/h10,16H,6-9H2,1-5H3. The van der Waals surface area contributed by atoms with Gasteiger partial charge in [0, 0.05) is 6.04 Å². The zero-order chi connectivity index (χ0) is 13.3. The molecule has 4 heteroatoms. The Morgan fingerprint density at radius 3 is 2.59 bits per heavy atom. The summed E-state index contributed by atoms with van der Waals surface area (Å²) in [6, 6.07) is 0.102. The molecule has 1 aliphatic heterocycles. The predicted molar refractivity (Wildman–Crippen MR) is 66.6 cm³/mol. The Kier molecular flexibility index (Phi) is 4.07. The van der Waals surface area contributed by atoms with Crippen LogP contribution < -0.4 is 0 Å². The van der Waals surface area contributed by atoms with E-state index in [1.165, 1.54) is 4.90 Å². The van der Waals surface area contributed by atoms with Gasteiger partial charge in [0.1, 0.15) is 11.3 Å². The van der Waals surface area contributed by atoms with Crippen LogP contribution in [0.25, 0.3) is 0 Å². The van der Waals surface area contributed by atoms with Gasteiger partial charge in [-0.25, -0.2) is 4.79 Å². The molecule has 1 fully saturated rings. The number of hydrogen-bond acceptors (Lipinski definition) is 3. The molecule has 0 radical (unpaired) electrons. The predicted octanol–water partition coefficient (Wildman–Crippen LogP) is 2.89. The van der Waals surface area contributed by atoms with Crippen LogP contribution in [0.15, 0.2) is 0 Å². The van der Waals surface area contributed by atoms with E-state index in [0.29, 0.717) is 6.42 Å². The Hall–Kier alpha value is -0.770. The molecule has 0 bridgehead atoms. The Labute approximate surface area is 104 Å². The van der Waals surface area contributed by atoms with Gasteiger partial charge in [-0.3, -0.25) is 4.90 Å². The maximum atomic E-state index is 12.1. The molecule has 2 unspecified atom stereocenters. The van der Waals surface area contributed by atoms with E-state index in [1.54, 1.807) is 6.92 Å². The summed E-state index contributed by atoms with van der Waals surface area (Å²) in [7, 11) is 0. The smallest absolute Gasteiger partial charge is 0.412 e. The van der Waals surface area contributed by atoms with Crippen molar-refractivity contribution in [1.29, 1.82) is 0 Å². The normalized spacial score (nSPS) is 29.5. The fraction of sp³-hybridized carbons (Fsp3) is 0.923. The van der Waals surface area contributed by atoms with Crippen LogP contribution >= 0.6 is 0 Å². The van der Waals surface area contributed by atoms with E-state index in [-0.39, 0.29) is 6.04 Å². The number of hydrogen-bond donors (Lipinski definition) is 1. The lowest BCUT2D eigenvalue weighted by molar-refractivity contribution is -0.0833. The van der Waals surface area contributed by atoms with Gasteiger partial charge in [0.25, 0.3) is 0 Å². The highest BCUT2D eigenvalue weighted by molar-refractivity contribution is 5.69. The number of ether oxygens (including phenoxy) is 1. The Morgan fingerprint density at radius 1 is 1.53 bits per heavy atom. The van der Waals surface area contributed by atoms with Crippen molar-refractivity contribution in [1.82, 2.24) is 4.90 Å². The molecular weight excluding hydrogens is 218 g/mol. The maximum absolute atomic E-state index is 12.1. The van der Waals surface area contributed by atoms with Crippen molar-refractivity contribution in [3.8, 4) is 0 Å². The number of nitrogens with zero attached hydrogens (tertiary/aromatic N) is 1. The number of likely N-dealkylation sites (tertiary alicyclic amines) is 1. The highest BCUT2D eigenvalue weighted by atomic mass is 16.6. The molecule has 0 aromatic heterocycles. The lowest BCUT2D eigenvalue weighted by Crippen LogP contribution is -2.50. The third-order valence-electron chi connectivity index (χ3n) is 3.05. The second-order valence-electron chi connectivity index (χ2n) is 6.05. The third-order valence-corrected chi connectivity index (χ3v) is 3.05. The lowest BCUT2D eigenvalue weighted by atomic mass is 10.1. The minimum Gasteiger partial charge on any atom is -0.444 e. The third kappa shape index (κ3) is 3.60. The van der Waals surface area contributed by atoms with Crippen molar-refractivity contribution in [2.24, 2.45) is 0 Å². The van der Waals surface area contributed by atoms with E-state index < -0.39 is 17.4 Å². The van der Waals surface area contributed by atoms with Gasteiger partial charge in [-0.05, 0) is 47.0 Å². The summed E-state index contributed by atoms with van der Waals surface area (Å²) >= 11 is 0. The first-order valence-corrected chi connectivity index (χ1v) is 6.42. The first-order chi connectivity index (χ1) is 7.67. The van der Waals surface area contributed by atoms with Gasteiger partial charge in [-0.2, -0.15) is 0 Å². The molecule has 1 rings (SSSR count). The molecule has 0 aliphatic carbocycles. The molecule has 17 heavy (non-hydrogen) atoms. The van der Waals surface area contributed by atoms with Gasteiger partial charge in [0.05, 0.1) is 0 Å². The summed E-state index contributed by atoms with van der Waals surface area (Å²) in [6.45, 7) is 9.28. The molecule has 0 spiro atoms. The molecule has 4 nitrogen and oxygen atoms in total. The first kappa shape index (κ1) is 14.3. The van der Waals surface area contributed by atoms with E-state index in [1.807, 2.05) is 20.8 Å².